The molecular weight excluding hydrogens is 244 g/mol. The zero-order valence-electron chi connectivity index (χ0n) is 11.4. The Morgan fingerprint density at radius 1 is 1.44 bits per heavy atom. The number of aryl methyl sites for hydroxylation is 3. The third-order valence-corrected chi connectivity index (χ3v) is 3.97. The van der Waals surface area contributed by atoms with E-state index in [0.29, 0.717) is 6.04 Å². The summed E-state index contributed by atoms with van der Waals surface area (Å²) in [5.74, 6) is 1.11. The second kappa shape index (κ2) is 5.63. The first kappa shape index (κ1) is 13.2. The Bertz CT molecular complexity index is 515. The minimum absolute atomic E-state index is 0.301. The fourth-order valence-corrected chi connectivity index (χ4v) is 3.00. The number of hydrogen-bond acceptors (Lipinski definition) is 4. The molecule has 0 aromatic carbocycles. The third-order valence-electron chi connectivity index (χ3n) is 3.07. The first-order valence-electron chi connectivity index (χ1n) is 6.21. The summed E-state index contributed by atoms with van der Waals surface area (Å²) >= 11 is 1.76. The van der Waals surface area contributed by atoms with E-state index in [4.69, 9.17) is 0 Å². The number of rotatable bonds is 5. The number of imidazole rings is 1. The van der Waals surface area contributed by atoms with Gasteiger partial charge in [0.2, 0.25) is 0 Å². The van der Waals surface area contributed by atoms with Crippen molar-refractivity contribution in [2.75, 3.05) is 6.54 Å². The molecule has 0 radical (unpaired) electrons. The molecule has 0 fully saturated rings. The molecule has 0 bridgehead atoms. The number of nitrogens with zero attached hydrogens (tertiary/aromatic N) is 3. The van der Waals surface area contributed by atoms with Gasteiger partial charge in [-0.25, -0.2) is 9.97 Å². The molecule has 2 aromatic heterocycles. The smallest absolute Gasteiger partial charge is 0.109 e. The molecule has 1 unspecified atom stereocenters. The average molecular weight is 264 g/mol. The molecule has 0 aliphatic heterocycles. The van der Waals surface area contributed by atoms with E-state index in [-0.39, 0.29) is 0 Å². The van der Waals surface area contributed by atoms with Gasteiger partial charge < -0.3 is 9.88 Å². The van der Waals surface area contributed by atoms with Crippen molar-refractivity contribution in [2.24, 2.45) is 7.05 Å². The second-order valence-corrected chi connectivity index (χ2v) is 5.96. The van der Waals surface area contributed by atoms with E-state index in [2.05, 4.69) is 40.6 Å². The molecule has 0 amide bonds. The van der Waals surface area contributed by atoms with Crippen molar-refractivity contribution in [3.05, 3.63) is 33.8 Å². The van der Waals surface area contributed by atoms with Gasteiger partial charge in [-0.15, -0.1) is 11.3 Å². The van der Waals surface area contributed by atoms with Crippen LogP contribution in [-0.4, -0.2) is 21.1 Å². The summed E-state index contributed by atoms with van der Waals surface area (Å²) < 4.78 is 2.06. The quantitative estimate of drug-likeness (QED) is 0.901. The van der Waals surface area contributed by atoms with E-state index in [1.165, 1.54) is 10.6 Å². The van der Waals surface area contributed by atoms with Crippen molar-refractivity contribution >= 4 is 11.3 Å². The molecular formula is C13H20N4S. The lowest BCUT2D eigenvalue weighted by molar-refractivity contribution is 0.553. The summed E-state index contributed by atoms with van der Waals surface area (Å²) in [6, 6.07) is 0.301. The summed E-state index contributed by atoms with van der Waals surface area (Å²) in [5, 5.41) is 4.65. The largest absolute Gasteiger partial charge is 0.338 e. The van der Waals surface area contributed by atoms with Gasteiger partial charge in [0.1, 0.15) is 5.82 Å². The predicted molar refractivity (Wildman–Crippen MR) is 74.9 cm³/mol. The van der Waals surface area contributed by atoms with Gasteiger partial charge in [0.15, 0.2) is 0 Å². The monoisotopic (exact) mass is 264 g/mol. The van der Waals surface area contributed by atoms with Gasteiger partial charge in [0, 0.05) is 43.3 Å². The number of aromatic nitrogens is 3. The van der Waals surface area contributed by atoms with Gasteiger partial charge in [-0.1, -0.05) is 0 Å². The lowest BCUT2D eigenvalue weighted by Gasteiger charge is -2.12. The van der Waals surface area contributed by atoms with Gasteiger partial charge >= 0.3 is 0 Å². The number of nitrogens with one attached hydrogen (secondary N) is 1. The van der Waals surface area contributed by atoms with Crippen LogP contribution in [0.15, 0.2) is 12.4 Å². The van der Waals surface area contributed by atoms with Crippen LogP contribution >= 0.6 is 11.3 Å². The third kappa shape index (κ3) is 2.97. The normalized spacial score (nSPS) is 12.9. The van der Waals surface area contributed by atoms with Crippen molar-refractivity contribution in [1.82, 2.24) is 19.9 Å². The topological polar surface area (TPSA) is 42.7 Å². The van der Waals surface area contributed by atoms with Crippen molar-refractivity contribution in [1.29, 1.82) is 0 Å². The Labute approximate surface area is 112 Å². The van der Waals surface area contributed by atoms with Crippen molar-refractivity contribution < 1.29 is 0 Å². The highest BCUT2D eigenvalue weighted by Crippen LogP contribution is 2.22. The summed E-state index contributed by atoms with van der Waals surface area (Å²) in [7, 11) is 2.03. The SMILES string of the molecule is Cc1nc(C(C)NCCc2nccn2C)c(C)s1. The molecule has 2 aromatic rings. The highest BCUT2D eigenvalue weighted by atomic mass is 32.1. The molecule has 0 aliphatic rings. The molecule has 0 aliphatic carbocycles. The first-order valence-corrected chi connectivity index (χ1v) is 7.03. The Hall–Kier alpha value is -1.20. The summed E-state index contributed by atoms with van der Waals surface area (Å²) in [6.07, 6.45) is 4.76. The van der Waals surface area contributed by atoms with E-state index >= 15 is 0 Å². The second-order valence-electron chi connectivity index (χ2n) is 4.55. The molecule has 4 nitrogen and oxygen atoms in total. The standard InChI is InChI=1S/C13H20N4S/c1-9(13-10(2)18-11(3)16-13)14-6-5-12-15-7-8-17(12)4/h7-9,14H,5-6H2,1-4H3. The molecule has 18 heavy (non-hydrogen) atoms. The molecule has 0 spiro atoms. The zero-order valence-corrected chi connectivity index (χ0v) is 12.2. The number of hydrogen-bond donors (Lipinski definition) is 1. The lowest BCUT2D eigenvalue weighted by atomic mass is 10.2. The molecule has 5 heteroatoms. The Balaban J connectivity index is 1.87. The average Bonchev–Trinajstić information content (AvgIpc) is 2.85. The van der Waals surface area contributed by atoms with Crippen LogP contribution in [0, 0.1) is 13.8 Å². The molecule has 2 heterocycles. The predicted octanol–water partition coefficient (Wildman–Crippen LogP) is 2.39. The van der Waals surface area contributed by atoms with E-state index in [9.17, 15) is 0 Å². The van der Waals surface area contributed by atoms with Crippen LogP contribution < -0.4 is 5.32 Å². The Morgan fingerprint density at radius 3 is 2.78 bits per heavy atom. The fraction of sp³-hybridized carbons (Fsp3) is 0.538. The zero-order chi connectivity index (χ0) is 13.1. The van der Waals surface area contributed by atoms with E-state index in [1.807, 2.05) is 19.4 Å². The minimum Gasteiger partial charge on any atom is -0.338 e. The van der Waals surface area contributed by atoms with Crippen LogP contribution in [0.5, 0.6) is 0 Å². The van der Waals surface area contributed by atoms with Crippen molar-refractivity contribution in [3.8, 4) is 0 Å². The summed E-state index contributed by atoms with van der Waals surface area (Å²) in [5.41, 5.74) is 1.18. The highest BCUT2D eigenvalue weighted by molar-refractivity contribution is 7.11. The van der Waals surface area contributed by atoms with E-state index in [0.717, 1.165) is 23.8 Å². The van der Waals surface area contributed by atoms with Crippen LogP contribution in [0.3, 0.4) is 0 Å². The van der Waals surface area contributed by atoms with Crippen LogP contribution in [-0.2, 0) is 13.5 Å². The van der Waals surface area contributed by atoms with Gasteiger partial charge in [0.05, 0.1) is 10.7 Å². The Kier molecular flexibility index (Phi) is 4.14. The van der Waals surface area contributed by atoms with Gasteiger partial charge in [0.25, 0.3) is 0 Å². The molecule has 0 saturated carbocycles. The fourth-order valence-electron chi connectivity index (χ4n) is 2.08. The molecule has 0 saturated heterocycles. The van der Waals surface area contributed by atoms with Crippen LogP contribution in [0.4, 0.5) is 0 Å². The van der Waals surface area contributed by atoms with Crippen molar-refractivity contribution in [3.63, 3.8) is 0 Å². The number of thiazole rings is 1. The van der Waals surface area contributed by atoms with E-state index < -0.39 is 0 Å². The summed E-state index contributed by atoms with van der Waals surface area (Å²) in [6.45, 7) is 7.28. The van der Waals surface area contributed by atoms with Gasteiger partial charge in [-0.3, -0.25) is 0 Å². The molecule has 98 valence electrons. The minimum atomic E-state index is 0.301. The summed E-state index contributed by atoms with van der Waals surface area (Å²) in [4.78, 5) is 10.2. The maximum Gasteiger partial charge on any atom is 0.109 e. The first-order chi connectivity index (χ1) is 8.58. The highest BCUT2D eigenvalue weighted by Gasteiger charge is 2.12. The molecule has 1 N–H and O–H groups in total. The van der Waals surface area contributed by atoms with Crippen LogP contribution in [0.1, 0.15) is 34.4 Å². The maximum absolute atomic E-state index is 4.58. The van der Waals surface area contributed by atoms with Crippen molar-refractivity contribution in [2.45, 2.75) is 33.2 Å². The van der Waals surface area contributed by atoms with Gasteiger partial charge in [-0.05, 0) is 20.8 Å². The van der Waals surface area contributed by atoms with E-state index in [1.54, 1.807) is 11.3 Å². The van der Waals surface area contributed by atoms with Gasteiger partial charge in [-0.2, -0.15) is 0 Å². The van der Waals surface area contributed by atoms with Crippen LogP contribution in [0.25, 0.3) is 0 Å². The van der Waals surface area contributed by atoms with Crippen LogP contribution in [0.2, 0.25) is 0 Å². The molecule has 2 rings (SSSR count). The molecule has 1 atom stereocenters. The maximum atomic E-state index is 4.58. The lowest BCUT2D eigenvalue weighted by Crippen LogP contribution is -2.23. The Morgan fingerprint density at radius 2 is 2.22 bits per heavy atom.